The third-order valence-electron chi connectivity index (χ3n) is 2.03. The lowest BCUT2D eigenvalue weighted by Gasteiger charge is -2.18. The molecular weight excluding hydrogens is 296 g/mol. The fourth-order valence-corrected chi connectivity index (χ4v) is 2.08. The summed E-state index contributed by atoms with van der Waals surface area (Å²) in [6.45, 7) is -0.284. The lowest BCUT2D eigenvalue weighted by Crippen LogP contribution is -2.35. The highest BCUT2D eigenvalue weighted by Crippen LogP contribution is 2.26. The van der Waals surface area contributed by atoms with Gasteiger partial charge in [-0.2, -0.15) is 8.78 Å². The molecule has 102 valence electrons. The first-order chi connectivity index (χ1) is 8.24. The van der Waals surface area contributed by atoms with Crippen LogP contribution in [0.5, 0.6) is 0 Å². The van der Waals surface area contributed by atoms with Crippen molar-refractivity contribution in [1.82, 2.24) is 0 Å². The maximum atomic E-state index is 12.6. The number of carbonyl (C=O) groups excluding carboxylic acids is 1. The Labute approximate surface area is 110 Å². The number of ether oxygens (including phenoxy) is 1. The van der Waals surface area contributed by atoms with E-state index < -0.39 is 30.8 Å². The molecule has 1 aromatic heterocycles. The molecule has 0 aliphatic carbocycles. The molecule has 0 N–H and O–H groups in total. The number of ketones is 1. The van der Waals surface area contributed by atoms with Crippen LogP contribution in [0, 0.1) is 0 Å². The van der Waals surface area contributed by atoms with E-state index in [1.165, 1.54) is 19.1 Å². The SMILES string of the molecule is CC(OCC(F)(F)C(F)F)C(=O)c1ccc(Cl)s1. The summed E-state index contributed by atoms with van der Waals surface area (Å²) in [6.07, 6.45) is -5.06. The molecule has 0 aliphatic rings. The lowest BCUT2D eigenvalue weighted by atomic mass is 10.2. The van der Waals surface area contributed by atoms with Crippen molar-refractivity contribution >= 4 is 28.7 Å². The van der Waals surface area contributed by atoms with Crippen LogP contribution in [-0.2, 0) is 4.74 Å². The zero-order chi connectivity index (χ0) is 13.9. The van der Waals surface area contributed by atoms with E-state index >= 15 is 0 Å². The third-order valence-corrected chi connectivity index (χ3v) is 3.28. The Balaban J connectivity index is 2.56. The van der Waals surface area contributed by atoms with Gasteiger partial charge >= 0.3 is 12.3 Å². The highest BCUT2D eigenvalue weighted by Gasteiger charge is 2.41. The molecular formula is C10H9ClF4O2S. The number of hydrogen-bond donors (Lipinski definition) is 0. The van der Waals surface area contributed by atoms with Gasteiger partial charge in [0.1, 0.15) is 12.7 Å². The zero-order valence-electron chi connectivity index (χ0n) is 9.13. The Morgan fingerprint density at radius 2 is 2.11 bits per heavy atom. The monoisotopic (exact) mass is 304 g/mol. The molecule has 0 spiro atoms. The van der Waals surface area contributed by atoms with Crippen molar-refractivity contribution in [3.63, 3.8) is 0 Å². The minimum absolute atomic E-state index is 0.230. The first kappa shape index (κ1) is 15.4. The average molecular weight is 305 g/mol. The molecule has 0 aliphatic heterocycles. The van der Waals surface area contributed by atoms with E-state index in [-0.39, 0.29) is 4.88 Å². The van der Waals surface area contributed by atoms with Gasteiger partial charge in [0.15, 0.2) is 0 Å². The molecule has 2 nitrogen and oxygen atoms in total. The van der Waals surface area contributed by atoms with Crippen molar-refractivity contribution < 1.29 is 27.1 Å². The van der Waals surface area contributed by atoms with E-state index in [1.54, 1.807) is 0 Å². The summed E-state index contributed by atoms with van der Waals surface area (Å²) in [5.74, 6) is -4.83. The minimum atomic E-state index is -4.26. The Hall–Kier alpha value is -0.660. The first-order valence-electron chi connectivity index (χ1n) is 4.81. The molecule has 0 aromatic carbocycles. The zero-order valence-corrected chi connectivity index (χ0v) is 10.7. The first-order valence-corrected chi connectivity index (χ1v) is 6.00. The van der Waals surface area contributed by atoms with Gasteiger partial charge in [0.2, 0.25) is 5.78 Å². The number of thiophene rings is 1. The van der Waals surface area contributed by atoms with E-state index in [4.69, 9.17) is 11.6 Å². The molecule has 1 atom stereocenters. The van der Waals surface area contributed by atoms with E-state index in [2.05, 4.69) is 4.74 Å². The quantitative estimate of drug-likeness (QED) is 0.589. The summed E-state index contributed by atoms with van der Waals surface area (Å²) >= 11 is 6.57. The second kappa shape index (κ2) is 5.99. The number of halogens is 5. The Kier molecular flexibility index (Phi) is 5.12. The molecule has 1 aromatic rings. The van der Waals surface area contributed by atoms with E-state index in [0.29, 0.717) is 4.34 Å². The van der Waals surface area contributed by atoms with Crippen LogP contribution in [0.1, 0.15) is 16.6 Å². The highest BCUT2D eigenvalue weighted by molar-refractivity contribution is 7.18. The largest absolute Gasteiger partial charge is 0.364 e. The normalized spacial score (nSPS) is 13.9. The van der Waals surface area contributed by atoms with Gasteiger partial charge < -0.3 is 4.74 Å². The van der Waals surface area contributed by atoms with Crippen molar-refractivity contribution in [2.24, 2.45) is 0 Å². The molecule has 0 fully saturated rings. The summed E-state index contributed by atoms with van der Waals surface area (Å²) < 4.78 is 53.7. The van der Waals surface area contributed by atoms with E-state index in [0.717, 1.165) is 11.3 Å². The molecule has 0 saturated heterocycles. The maximum absolute atomic E-state index is 12.6. The minimum Gasteiger partial charge on any atom is -0.364 e. The van der Waals surface area contributed by atoms with Gasteiger partial charge in [0.25, 0.3) is 0 Å². The van der Waals surface area contributed by atoms with Gasteiger partial charge in [-0.15, -0.1) is 11.3 Å². The summed E-state index contributed by atoms with van der Waals surface area (Å²) in [7, 11) is 0. The molecule has 0 radical (unpaired) electrons. The number of carbonyl (C=O) groups is 1. The predicted octanol–water partition coefficient (Wildman–Crippen LogP) is 3.89. The average Bonchev–Trinajstić information content (AvgIpc) is 2.71. The number of Topliss-reactive ketones (excluding diaryl/α,β-unsaturated/α-hetero) is 1. The van der Waals surface area contributed by atoms with Crippen LogP contribution in [0.3, 0.4) is 0 Å². The van der Waals surface area contributed by atoms with Crippen LogP contribution in [0.25, 0.3) is 0 Å². The second-order valence-electron chi connectivity index (χ2n) is 3.48. The Bertz CT molecular complexity index is 422. The van der Waals surface area contributed by atoms with E-state index in [1.807, 2.05) is 0 Å². The Morgan fingerprint density at radius 1 is 1.50 bits per heavy atom. The van der Waals surface area contributed by atoms with Gasteiger partial charge in [0, 0.05) is 0 Å². The molecule has 0 amide bonds. The molecule has 18 heavy (non-hydrogen) atoms. The lowest BCUT2D eigenvalue weighted by molar-refractivity contribution is -0.170. The summed E-state index contributed by atoms with van der Waals surface area (Å²) in [6, 6.07) is 2.89. The van der Waals surface area contributed by atoms with Gasteiger partial charge in [-0.25, -0.2) is 8.78 Å². The fraction of sp³-hybridized carbons (Fsp3) is 0.500. The van der Waals surface area contributed by atoms with Crippen molar-refractivity contribution in [3.8, 4) is 0 Å². The van der Waals surface area contributed by atoms with Gasteiger partial charge in [0.05, 0.1) is 9.21 Å². The summed E-state index contributed by atoms with van der Waals surface area (Å²) in [5.41, 5.74) is 0. The van der Waals surface area contributed by atoms with Crippen molar-refractivity contribution in [3.05, 3.63) is 21.3 Å². The highest BCUT2D eigenvalue weighted by atomic mass is 35.5. The van der Waals surface area contributed by atoms with Crippen LogP contribution in [0.2, 0.25) is 4.34 Å². The van der Waals surface area contributed by atoms with Crippen molar-refractivity contribution in [2.45, 2.75) is 25.4 Å². The molecule has 0 saturated carbocycles. The van der Waals surface area contributed by atoms with Crippen LogP contribution in [-0.4, -0.2) is 30.8 Å². The second-order valence-corrected chi connectivity index (χ2v) is 5.20. The Morgan fingerprint density at radius 3 is 2.56 bits per heavy atom. The number of rotatable bonds is 6. The molecule has 1 heterocycles. The number of hydrogen-bond acceptors (Lipinski definition) is 3. The van der Waals surface area contributed by atoms with Crippen molar-refractivity contribution in [1.29, 1.82) is 0 Å². The van der Waals surface area contributed by atoms with Crippen LogP contribution in [0.4, 0.5) is 17.6 Å². The molecule has 1 unspecified atom stereocenters. The summed E-state index contributed by atoms with van der Waals surface area (Å²) in [5, 5.41) is 0. The third kappa shape index (κ3) is 3.93. The molecule has 0 bridgehead atoms. The van der Waals surface area contributed by atoms with Crippen LogP contribution in [0.15, 0.2) is 12.1 Å². The topological polar surface area (TPSA) is 26.3 Å². The van der Waals surface area contributed by atoms with E-state index in [9.17, 15) is 22.4 Å². The smallest absolute Gasteiger partial charge is 0.330 e. The molecule has 1 rings (SSSR count). The standard InChI is InChI=1S/C10H9ClF4O2S/c1-5(17-4-10(14,15)9(12)13)8(16)6-2-3-7(11)18-6/h2-3,5,9H,4H2,1H3. The molecule has 8 heteroatoms. The van der Waals surface area contributed by atoms with Crippen LogP contribution >= 0.6 is 22.9 Å². The van der Waals surface area contributed by atoms with Gasteiger partial charge in [-0.3, -0.25) is 4.79 Å². The fourth-order valence-electron chi connectivity index (χ4n) is 1.02. The van der Waals surface area contributed by atoms with Crippen molar-refractivity contribution in [2.75, 3.05) is 6.61 Å². The maximum Gasteiger partial charge on any atom is 0.330 e. The summed E-state index contributed by atoms with van der Waals surface area (Å²) in [4.78, 5) is 11.9. The van der Waals surface area contributed by atoms with Crippen LogP contribution < -0.4 is 0 Å². The number of alkyl halides is 4. The van der Waals surface area contributed by atoms with Gasteiger partial charge in [-0.1, -0.05) is 11.6 Å². The van der Waals surface area contributed by atoms with Gasteiger partial charge in [-0.05, 0) is 19.1 Å². The predicted molar refractivity (Wildman–Crippen MR) is 60.0 cm³/mol.